The standard InChI is InChI=1S/C13H14FNO4/c14-8-3-4-9(11(16)5-8)13(19)15-10(6-12(17)18)7-1-2-7/h3-5,7,10,16H,1-2,6H2,(H,15,19)(H,17,18). The second kappa shape index (κ2) is 5.26. The molecule has 102 valence electrons. The van der Waals surface area contributed by atoms with E-state index in [2.05, 4.69) is 5.32 Å². The second-order valence-electron chi connectivity index (χ2n) is 4.68. The van der Waals surface area contributed by atoms with E-state index in [0.717, 1.165) is 25.0 Å². The first-order chi connectivity index (χ1) is 8.97. The molecule has 5 nitrogen and oxygen atoms in total. The molecular formula is C13H14FNO4. The van der Waals surface area contributed by atoms with Crippen LogP contribution in [0.1, 0.15) is 29.6 Å². The maximum absolute atomic E-state index is 12.8. The molecule has 0 saturated heterocycles. The van der Waals surface area contributed by atoms with Gasteiger partial charge in [-0.05, 0) is 30.9 Å². The fourth-order valence-corrected chi connectivity index (χ4v) is 1.97. The zero-order valence-electron chi connectivity index (χ0n) is 10.1. The summed E-state index contributed by atoms with van der Waals surface area (Å²) in [6.07, 6.45) is 1.61. The molecule has 0 spiro atoms. The SMILES string of the molecule is O=C(O)CC(NC(=O)c1ccc(F)cc1O)C1CC1. The monoisotopic (exact) mass is 267 g/mol. The molecule has 19 heavy (non-hydrogen) atoms. The van der Waals surface area contributed by atoms with Gasteiger partial charge in [-0.2, -0.15) is 0 Å². The Bertz CT molecular complexity index is 513. The van der Waals surface area contributed by atoms with Gasteiger partial charge < -0.3 is 15.5 Å². The number of halogens is 1. The van der Waals surface area contributed by atoms with E-state index in [1.165, 1.54) is 6.07 Å². The molecule has 2 rings (SSSR count). The van der Waals surface area contributed by atoms with E-state index in [1.54, 1.807) is 0 Å². The Morgan fingerprint density at radius 1 is 1.42 bits per heavy atom. The van der Waals surface area contributed by atoms with Crippen molar-refractivity contribution in [2.45, 2.75) is 25.3 Å². The molecule has 0 bridgehead atoms. The Balaban J connectivity index is 2.08. The normalized spacial score (nSPS) is 15.8. The number of amides is 1. The summed E-state index contributed by atoms with van der Waals surface area (Å²) in [5.41, 5.74) is -0.0579. The molecule has 1 aliphatic rings. The van der Waals surface area contributed by atoms with Crippen molar-refractivity contribution in [1.29, 1.82) is 0 Å². The zero-order valence-corrected chi connectivity index (χ0v) is 10.1. The molecule has 1 aromatic rings. The van der Waals surface area contributed by atoms with Crippen LogP contribution >= 0.6 is 0 Å². The molecule has 1 saturated carbocycles. The van der Waals surface area contributed by atoms with Crippen LogP contribution in [0, 0.1) is 11.7 Å². The van der Waals surface area contributed by atoms with Crippen LogP contribution in [0.3, 0.4) is 0 Å². The van der Waals surface area contributed by atoms with Crippen molar-refractivity contribution >= 4 is 11.9 Å². The second-order valence-corrected chi connectivity index (χ2v) is 4.68. The molecule has 0 heterocycles. The van der Waals surface area contributed by atoms with Gasteiger partial charge >= 0.3 is 5.97 Å². The van der Waals surface area contributed by atoms with Gasteiger partial charge in [-0.3, -0.25) is 9.59 Å². The number of carboxylic acids is 1. The molecular weight excluding hydrogens is 253 g/mol. The maximum Gasteiger partial charge on any atom is 0.305 e. The summed E-state index contributed by atoms with van der Waals surface area (Å²) in [5.74, 6) is -2.50. The van der Waals surface area contributed by atoms with Crippen LogP contribution in [-0.4, -0.2) is 28.1 Å². The van der Waals surface area contributed by atoms with Crippen molar-refractivity contribution in [1.82, 2.24) is 5.32 Å². The Labute approximate surface area is 109 Å². The summed E-state index contributed by atoms with van der Waals surface area (Å²) in [4.78, 5) is 22.6. The van der Waals surface area contributed by atoms with Gasteiger partial charge in [0.05, 0.1) is 12.0 Å². The van der Waals surface area contributed by atoms with Crippen molar-refractivity contribution in [3.8, 4) is 5.75 Å². The largest absolute Gasteiger partial charge is 0.507 e. The van der Waals surface area contributed by atoms with Gasteiger partial charge in [-0.25, -0.2) is 4.39 Å². The average Bonchev–Trinajstić information content (AvgIpc) is 3.10. The van der Waals surface area contributed by atoms with Crippen molar-refractivity contribution in [2.75, 3.05) is 0 Å². The summed E-state index contributed by atoms with van der Waals surface area (Å²) >= 11 is 0. The molecule has 1 aromatic carbocycles. The highest BCUT2D eigenvalue weighted by Crippen LogP contribution is 2.34. The predicted molar refractivity (Wildman–Crippen MR) is 64.3 cm³/mol. The van der Waals surface area contributed by atoms with Crippen LogP contribution in [0.2, 0.25) is 0 Å². The van der Waals surface area contributed by atoms with Crippen molar-refractivity contribution in [2.24, 2.45) is 5.92 Å². The van der Waals surface area contributed by atoms with E-state index in [1.807, 2.05) is 0 Å². The number of rotatable bonds is 5. The number of hydrogen-bond donors (Lipinski definition) is 3. The number of benzene rings is 1. The lowest BCUT2D eigenvalue weighted by molar-refractivity contribution is -0.137. The minimum atomic E-state index is -0.986. The third-order valence-electron chi connectivity index (χ3n) is 3.11. The summed E-state index contributed by atoms with van der Waals surface area (Å²) in [7, 11) is 0. The summed E-state index contributed by atoms with van der Waals surface area (Å²) in [6, 6.07) is 2.63. The van der Waals surface area contributed by atoms with E-state index in [0.29, 0.717) is 0 Å². The highest BCUT2D eigenvalue weighted by atomic mass is 19.1. The summed E-state index contributed by atoms with van der Waals surface area (Å²) in [5, 5.41) is 20.9. The first-order valence-corrected chi connectivity index (χ1v) is 5.98. The molecule has 1 unspecified atom stereocenters. The lowest BCUT2D eigenvalue weighted by atomic mass is 10.1. The van der Waals surface area contributed by atoms with Gasteiger partial charge in [0.25, 0.3) is 5.91 Å². The van der Waals surface area contributed by atoms with Gasteiger partial charge in [0.1, 0.15) is 11.6 Å². The first-order valence-electron chi connectivity index (χ1n) is 5.98. The van der Waals surface area contributed by atoms with Gasteiger partial charge in [0.2, 0.25) is 0 Å². The third-order valence-corrected chi connectivity index (χ3v) is 3.11. The fourth-order valence-electron chi connectivity index (χ4n) is 1.97. The number of phenols is 1. The number of hydrogen-bond acceptors (Lipinski definition) is 3. The van der Waals surface area contributed by atoms with Crippen LogP contribution < -0.4 is 5.32 Å². The lowest BCUT2D eigenvalue weighted by Crippen LogP contribution is -2.38. The van der Waals surface area contributed by atoms with Crippen LogP contribution in [0.4, 0.5) is 4.39 Å². The van der Waals surface area contributed by atoms with E-state index in [-0.39, 0.29) is 17.9 Å². The molecule has 1 atom stereocenters. The van der Waals surface area contributed by atoms with Gasteiger partial charge in [-0.15, -0.1) is 0 Å². The van der Waals surface area contributed by atoms with E-state index in [9.17, 15) is 19.1 Å². The Morgan fingerprint density at radius 2 is 2.11 bits per heavy atom. The van der Waals surface area contributed by atoms with Crippen LogP contribution in [0.5, 0.6) is 5.75 Å². The molecule has 1 fully saturated rings. The summed E-state index contributed by atoms with van der Waals surface area (Å²) in [6.45, 7) is 0. The highest BCUT2D eigenvalue weighted by Gasteiger charge is 2.34. The molecule has 0 aliphatic heterocycles. The number of carboxylic acid groups (broad SMARTS) is 1. The Morgan fingerprint density at radius 3 is 2.63 bits per heavy atom. The predicted octanol–water partition coefficient (Wildman–Crippen LogP) is 1.51. The van der Waals surface area contributed by atoms with Gasteiger partial charge in [0.15, 0.2) is 0 Å². The number of nitrogens with one attached hydrogen (secondary N) is 1. The quantitative estimate of drug-likeness (QED) is 0.754. The van der Waals surface area contributed by atoms with Crippen molar-refractivity contribution < 1.29 is 24.2 Å². The van der Waals surface area contributed by atoms with Crippen molar-refractivity contribution in [3.63, 3.8) is 0 Å². The lowest BCUT2D eigenvalue weighted by Gasteiger charge is -2.16. The van der Waals surface area contributed by atoms with Crippen LogP contribution in [0.15, 0.2) is 18.2 Å². The first kappa shape index (κ1) is 13.3. The molecule has 1 aliphatic carbocycles. The zero-order chi connectivity index (χ0) is 14.0. The van der Waals surface area contributed by atoms with Crippen molar-refractivity contribution in [3.05, 3.63) is 29.6 Å². The minimum absolute atomic E-state index is 0.0579. The Hall–Kier alpha value is -2.11. The minimum Gasteiger partial charge on any atom is -0.507 e. The molecule has 0 aromatic heterocycles. The maximum atomic E-state index is 12.8. The molecule has 0 radical (unpaired) electrons. The summed E-state index contributed by atoms with van der Waals surface area (Å²) < 4.78 is 12.8. The molecule has 1 amide bonds. The number of aromatic hydroxyl groups is 1. The number of phenolic OH excluding ortho intramolecular Hbond substituents is 1. The van der Waals surface area contributed by atoms with E-state index < -0.39 is 29.5 Å². The highest BCUT2D eigenvalue weighted by molar-refractivity contribution is 5.97. The fraction of sp³-hybridized carbons (Fsp3) is 0.385. The number of carbonyl (C=O) groups excluding carboxylic acids is 1. The molecule has 6 heteroatoms. The average molecular weight is 267 g/mol. The van der Waals surface area contributed by atoms with Crippen LogP contribution in [-0.2, 0) is 4.79 Å². The topological polar surface area (TPSA) is 86.6 Å². The van der Waals surface area contributed by atoms with E-state index >= 15 is 0 Å². The smallest absolute Gasteiger partial charge is 0.305 e. The number of aliphatic carboxylic acids is 1. The third kappa shape index (κ3) is 3.43. The van der Waals surface area contributed by atoms with Gasteiger partial charge in [0, 0.05) is 12.1 Å². The molecule has 3 N–H and O–H groups in total. The number of carbonyl (C=O) groups is 2. The van der Waals surface area contributed by atoms with E-state index in [4.69, 9.17) is 5.11 Å². The Kier molecular flexibility index (Phi) is 3.69. The van der Waals surface area contributed by atoms with Gasteiger partial charge in [-0.1, -0.05) is 0 Å². The van der Waals surface area contributed by atoms with Crippen LogP contribution in [0.25, 0.3) is 0 Å².